The first-order chi connectivity index (χ1) is 2.24. The van der Waals surface area contributed by atoms with Crippen molar-refractivity contribution in [3.8, 4) is 0 Å². The monoisotopic (exact) mass is 353 g/mol. The third kappa shape index (κ3) is 273. The molecule has 0 atom stereocenters. The molecular weight excluding hydrogens is 333 g/mol. The van der Waals surface area contributed by atoms with Crippen LogP contribution in [0.5, 0.6) is 0 Å². The van der Waals surface area contributed by atoms with Crippen LogP contribution in [0.15, 0.2) is 0 Å². The fourth-order valence-corrected chi connectivity index (χ4v) is 0. The summed E-state index contributed by atoms with van der Waals surface area (Å²) in [7, 11) is 20.9. The number of rotatable bonds is 0. The summed E-state index contributed by atoms with van der Waals surface area (Å²) in [5.74, 6) is 0. The molecular formula is C5H20Cl5Mo. The van der Waals surface area contributed by atoms with E-state index in [1.54, 1.807) is 0 Å². The Morgan fingerprint density at radius 3 is 0.455 bits per heavy atom. The second-order valence-electron chi connectivity index (χ2n) is 0.583. The van der Waals surface area contributed by atoms with E-state index < -0.39 is 9.60 Å². The van der Waals surface area contributed by atoms with Gasteiger partial charge in [0.25, 0.3) is 0 Å². The number of halogens is 5. The molecule has 0 aromatic carbocycles. The van der Waals surface area contributed by atoms with Gasteiger partial charge in [-0.1, -0.05) is 37.1 Å². The summed E-state index contributed by atoms with van der Waals surface area (Å²) < 4.78 is 0. The minimum atomic E-state index is -4.26. The van der Waals surface area contributed by atoms with Crippen molar-refractivity contribution < 1.29 is 9.60 Å². The van der Waals surface area contributed by atoms with Crippen molar-refractivity contribution in [2.24, 2.45) is 0 Å². The van der Waals surface area contributed by atoms with Crippen molar-refractivity contribution >= 4 is 47.1 Å². The van der Waals surface area contributed by atoms with Gasteiger partial charge in [0, 0.05) is 0 Å². The van der Waals surface area contributed by atoms with E-state index in [0.29, 0.717) is 0 Å². The summed E-state index contributed by atoms with van der Waals surface area (Å²) in [6, 6.07) is 0. The van der Waals surface area contributed by atoms with Crippen LogP contribution in [0.4, 0.5) is 0 Å². The Bertz CT molecular complexity index is 48.1. The van der Waals surface area contributed by atoms with Crippen molar-refractivity contribution in [3.63, 3.8) is 0 Å². The molecule has 11 heavy (non-hydrogen) atoms. The second-order valence-corrected chi connectivity index (χ2v) is 31.1. The van der Waals surface area contributed by atoms with Crippen LogP contribution in [-0.2, 0) is 9.60 Å². The molecule has 81 valence electrons. The van der Waals surface area contributed by atoms with Crippen LogP contribution in [-0.4, -0.2) is 0 Å². The zero-order valence-corrected chi connectivity index (χ0v) is 8.08. The predicted molar refractivity (Wildman–Crippen MR) is 62.9 cm³/mol. The van der Waals surface area contributed by atoms with E-state index >= 15 is 0 Å². The quantitative estimate of drug-likeness (QED) is 0.429. The van der Waals surface area contributed by atoms with Crippen LogP contribution < -0.4 is 0 Å². The van der Waals surface area contributed by atoms with E-state index in [-0.39, 0.29) is 37.1 Å². The van der Waals surface area contributed by atoms with Gasteiger partial charge in [0.05, 0.1) is 0 Å². The van der Waals surface area contributed by atoms with Gasteiger partial charge in [-0.2, -0.15) is 0 Å². The fourth-order valence-electron chi connectivity index (χ4n) is 0. The maximum atomic E-state index is 5.04. The standard InChI is InChI=1S/5CH4.5ClH.Mo/h5*1H4;5*1H;/q;;;;;;;;;;+5/p-5. The topological polar surface area (TPSA) is 0 Å². The van der Waals surface area contributed by atoms with Gasteiger partial charge >= 0.3 is 56.7 Å². The minimum absolute atomic E-state index is 0. The van der Waals surface area contributed by atoms with Crippen LogP contribution in [0.1, 0.15) is 37.1 Å². The molecule has 0 nitrogen and oxygen atoms in total. The molecule has 0 rings (SSSR count). The molecule has 6 heteroatoms. The van der Waals surface area contributed by atoms with Gasteiger partial charge in [0.1, 0.15) is 0 Å². The third-order valence-corrected chi connectivity index (χ3v) is 0. The van der Waals surface area contributed by atoms with E-state index in [2.05, 4.69) is 0 Å². The first-order valence-corrected chi connectivity index (χ1v) is 13.7. The van der Waals surface area contributed by atoms with Crippen LogP contribution in [0, 0.1) is 0 Å². The van der Waals surface area contributed by atoms with E-state index in [1.165, 1.54) is 0 Å². The van der Waals surface area contributed by atoms with Crippen molar-refractivity contribution in [1.82, 2.24) is 0 Å². The molecule has 0 saturated heterocycles. The summed E-state index contributed by atoms with van der Waals surface area (Å²) in [4.78, 5) is 0. The van der Waals surface area contributed by atoms with Gasteiger partial charge in [-0.25, -0.2) is 0 Å². The molecule has 0 aromatic rings. The van der Waals surface area contributed by atoms with Crippen LogP contribution >= 0.6 is 47.1 Å². The van der Waals surface area contributed by atoms with Gasteiger partial charge in [0.15, 0.2) is 0 Å². The zero-order chi connectivity index (χ0) is 5.45. The average Bonchev–Trinajstić information content (AvgIpc) is 0.650. The van der Waals surface area contributed by atoms with E-state index in [4.69, 9.17) is 47.1 Å². The maximum absolute atomic E-state index is 5.04. The SMILES string of the molecule is C.C.C.C.C.[Cl][Mo]([Cl])([Cl])([Cl])[Cl]. The summed E-state index contributed by atoms with van der Waals surface area (Å²) in [6.45, 7) is 0. The first kappa shape index (κ1) is 38.0. The van der Waals surface area contributed by atoms with Gasteiger partial charge in [-0.05, 0) is 0 Å². The van der Waals surface area contributed by atoms with Crippen LogP contribution in [0.25, 0.3) is 0 Å². The summed E-state index contributed by atoms with van der Waals surface area (Å²) >= 11 is 0. The van der Waals surface area contributed by atoms with Gasteiger partial charge in [0.2, 0.25) is 0 Å². The van der Waals surface area contributed by atoms with E-state index in [0.717, 1.165) is 0 Å². The van der Waals surface area contributed by atoms with Crippen molar-refractivity contribution in [2.45, 2.75) is 37.1 Å². The number of hydrogen-bond acceptors (Lipinski definition) is 0. The molecule has 0 unspecified atom stereocenters. The molecule has 0 fully saturated rings. The van der Waals surface area contributed by atoms with Crippen LogP contribution in [0.3, 0.4) is 0 Å². The molecule has 0 N–H and O–H groups in total. The predicted octanol–water partition coefficient (Wildman–Crippen LogP) is 6.63. The molecule has 0 saturated carbocycles. The molecule has 0 aromatic heterocycles. The first-order valence-electron chi connectivity index (χ1n) is 0.772. The Balaban J connectivity index is -0.0000000125. The summed E-state index contributed by atoms with van der Waals surface area (Å²) in [6.07, 6.45) is 0. The Morgan fingerprint density at radius 2 is 0.455 bits per heavy atom. The molecule has 0 spiro atoms. The van der Waals surface area contributed by atoms with Crippen molar-refractivity contribution in [1.29, 1.82) is 0 Å². The molecule has 0 aliphatic rings. The summed E-state index contributed by atoms with van der Waals surface area (Å²) in [5.41, 5.74) is 0. The normalized spacial score (nSPS) is 10.5. The summed E-state index contributed by atoms with van der Waals surface area (Å²) in [5, 5.41) is 0. The molecule has 0 bridgehead atoms. The van der Waals surface area contributed by atoms with Crippen LogP contribution in [0.2, 0.25) is 0 Å². The molecule has 0 radical (unpaired) electrons. The zero-order valence-electron chi connectivity index (χ0n) is 2.30. The van der Waals surface area contributed by atoms with E-state index in [9.17, 15) is 0 Å². The van der Waals surface area contributed by atoms with E-state index in [1.807, 2.05) is 0 Å². The molecule has 0 aliphatic heterocycles. The Morgan fingerprint density at radius 1 is 0.455 bits per heavy atom. The Labute approximate surface area is 93.0 Å². The fraction of sp³-hybridized carbons (Fsp3) is 1.00. The van der Waals surface area contributed by atoms with Crippen molar-refractivity contribution in [3.05, 3.63) is 0 Å². The van der Waals surface area contributed by atoms with Gasteiger partial charge in [-0.15, -0.1) is 0 Å². The Kier molecular flexibility index (Phi) is 35.3. The van der Waals surface area contributed by atoms with Gasteiger partial charge < -0.3 is 0 Å². The third-order valence-electron chi connectivity index (χ3n) is 0. The Hall–Kier alpha value is 2.14. The van der Waals surface area contributed by atoms with Gasteiger partial charge in [-0.3, -0.25) is 0 Å². The number of hydrogen-bond donors (Lipinski definition) is 0. The molecule has 0 heterocycles. The molecule has 0 aliphatic carbocycles. The van der Waals surface area contributed by atoms with Crippen molar-refractivity contribution in [2.75, 3.05) is 0 Å². The average molecular weight is 353 g/mol. The second kappa shape index (κ2) is 10.2. The molecule has 0 amide bonds.